The van der Waals surface area contributed by atoms with Crippen molar-refractivity contribution in [2.24, 2.45) is 5.73 Å². The van der Waals surface area contributed by atoms with E-state index in [9.17, 15) is 4.39 Å². The van der Waals surface area contributed by atoms with Crippen molar-refractivity contribution in [2.75, 3.05) is 7.11 Å². The lowest BCUT2D eigenvalue weighted by molar-refractivity contribution is 0.410. The second-order valence-corrected chi connectivity index (χ2v) is 5.98. The van der Waals surface area contributed by atoms with Crippen LogP contribution in [0.3, 0.4) is 0 Å². The Morgan fingerprint density at radius 3 is 2.65 bits per heavy atom. The van der Waals surface area contributed by atoms with E-state index in [2.05, 4.69) is 15.9 Å². The number of nitrogens with two attached hydrogens (primary N) is 1. The molecule has 0 radical (unpaired) electrons. The first-order valence-corrected chi connectivity index (χ1v) is 7.09. The zero-order valence-corrected chi connectivity index (χ0v) is 13.1. The van der Waals surface area contributed by atoms with Crippen LogP contribution in [0.25, 0.3) is 0 Å². The van der Waals surface area contributed by atoms with Crippen molar-refractivity contribution in [1.29, 1.82) is 0 Å². The maximum Gasteiger partial charge on any atom is 0.127 e. The summed E-state index contributed by atoms with van der Waals surface area (Å²) in [4.78, 5) is 0. The fourth-order valence-corrected chi connectivity index (χ4v) is 2.47. The molecule has 0 amide bonds. The SMILES string of the molecule is COc1cccc(C(C)(N)Cc2ccc(Br)cc2F)c1. The van der Waals surface area contributed by atoms with Gasteiger partial charge in [-0.15, -0.1) is 0 Å². The average molecular weight is 338 g/mol. The topological polar surface area (TPSA) is 35.2 Å². The first kappa shape index (κ1) is 15.0. The molecule has 2 aromatic carbocycles. The van der Waals surface area contributed by atoms with Gasteiger partial charge in [0.15, 0.2) is 0 Å². The maximum absolute atomic E-state index is 13.9. The Labute approximate surface area is 126 Å². The molecule has 0 bridgehead atoms. The summed E-state index contributed by atoms with van der Waals surface area (Å²) in [6, 6.07) is 12.6. The molecular weight excluding hydrogens is 321 g/mol. The maximum atomic E-state index is 13.9. The number of hydrogen-bond acceptors (Lipinski definition) is 2. The van der Waals surface area contributed by atoms with E-state index in [1.807, 2.05) is 37.3 Å². The number of methoxy groups -OCH3 is 1. The lowest BCUT2D eigenvalue weighted by Crippen LogP contribution is -2.35. The fraction of sp³-hybridized carbons (Fsp3) is 0.250. The van der Waals surface area contributed by atoms with E-state index in [1.54, 1.807) is 13.2 Å². The summed E-state index contributed by atoms with van der Waals surface area (Å²) in [6.45, 7) is 1.89. The minimum Gasteiger partial charge on any atom is -0.497 e. The molecule has 0 saturated heterocycles. The van der Waals surface area contributed by atoms with Crippen molar-refractivity contribution in [1.82, 2.24) is 0 Å². The standard InChI is InChI=1S/C16H17BrFNO/c1-16(19,12-4-3-5-14(8-12)20-2)10-11-6-7-13(17)9-15(11)18/h3-9H,10,19H2,1-2H3. The Balaban J connectivity index is 2.29. The molecule has 1 atom stereocenters. The van der Waals surface area contributed by atoms with Crippen LogP contribution in [-0.2, 0) is 12.0 Å². The zero-order valence-electron chi connectivity index (χ0n) is 11.5. The number of ether oxygens (including phenoxy) is 1. The molecule has 0 fully saturated rings. The second-order valence-electron chi connectivity index (χ2n) is 5.06. The van der Waals surface area contributed by atoms with Crippen LogP contribution in [0.1, 0.15) is 18.1 Å². The van der Waals surface area contributed by atoms with Gasteiger partial charge in [-0.25, -0.2) is 4.39 Å². The van der Waals surface area contributed by atoms with Crippen molar-refractivity contribution in [3.05, 3.63) is 63.9 Å². The van der Waals surface area contributed by atoms with E-state index in [4.69, 9.17) is 10.5 Å². The molecule has 2 N–H and O–H groups in total. The van der Waals surface area contributed by atoms with E-state index in [-0.39, 0.29) is 5.82 Å². The van der Waals surface area contributed by atoms with Crippen LogP contribution in [0.4, 0.5) is 4.39 Å². The van der Waals surface area contributed by atoms with Gasteiger partial charge in [-0.05, 0) is 48.7 Å². The molecule has 0 aliphatic carbocycles. The lowest BCUT2D eigenvalue weighted by Gasteiger charge is -2.26. The Morgan fingerprint density at radius 1 is 1.25 bits per heavy atom. The van der Waals surface area contributed by atoms with Crippen molar-refractivity contribution in [2.45, 2.75) is 18.9 Å². The lowest BCUT2D eigenvalue weighted by atomic mass is 9.86. The molecule has 20 heavy (non-hydrogen) atoms. The van der Waals surface area contributed by atoms with E-state index >= 15 is 0 Å². The van der Waals surface area contributed by atoms with Gasteiger partial charge in [0.25, 0.3) is 0 Å². The molecule has 0 spiro atoms. The molecular formula is C16H17BrFNO. The van der Waals surface area contributed by atoms with Gasteiger partial charge in [-0.2, -0.15) is 0 Å². The van der Waals surface area contributed by atoms with Crippen LogP contribution in [0.5, 0.6) is 5.75 Å². The molecule has 2 aromatic rings. The van der Waals surface area contributed by atoms with Crippen LogP contribution < -0.4 is 10.5 Å². The van der Waals surface area contributed by atoms with Gasteiger partial charge in [-0.3, -0.25) is 0 Å². The highest BCUT2D eigenvalue weighted by Gasteiger charge is 2.23. The van der Waals surface area contributed by atoms with Gasteiger partial charge < -0.3 is 10.5 Å². The van der Waals surface area contributed by atoms with Crippen molar-refractivity contribution >= 4 is 15.9 Å². The molecule has 0 aliphatic rings. The minimum atomic E-state index is -0.663. The highest BCUT2D eigenvalue weighted by Crippen LogP contribution is 2.27. The second kappa shape index (κ2) is 5.94. The molecule has 0 heterocycles. The van der Waals surface area contributed by atoms with Gasteiger partial charge in [0, 0.05) is 10.0 Å². The van der Waals surface area contributed by atoms with Crippen LogP contribution in [0.2, 0.25) is 0 Å². The molecule has 0 aliphatic heterocycles. The van der Waals surface area contributed by atoms with Crippen LogP contribution >= 0.6 is 15.9 Å². The van der Waals surface area contributed by atoms with E-state index in [1.165, 1.54) is 6.07 Å². The quantitative estimate of drug-likeness (QED) is 0.914. The summed E-state index contributed by atoms with van der Waals surface area (Å²) in [5, 5.41) is 0. The third kappa shape index (κ3) is 3.38. The summed E-state index contributed by atoms with van der Waals surface area (Å²) in [5.41, 5.74) is 7.22. The Kier molecular flexibility index (Phi) is 4.45. The van der Waals surface area contributed by atoms with Gasteiger partial charge >= 0.3 is 0 Å². The number of rotatable bonds is 4. The highest BCUT2D eigenvalue weighted by atomic mass is 79.9. The summed E-state index contributed by atoms with van der Waals surface area (Å²) in [5.74, 6) is 0.495. The van der Waals surface area contributed by atoms with Crippen molar-refractivity contribution in [3.63, 3.8) is 0 Å². The van der Waals surface area contributed by atoms with Crippen molar-refractivity contribution < 1.29 is 9.13 Å². The molecule has 2 rings (SSSR count). The smallest absolute Gasteiger partial charge is 0.127 e. The first-order chi connectivity index (χ1) is 9.42. The number of hydrogen-bond donors (Lipinski definition) is 1. The summed E-state index contributed by atoms with van der Waals surface area (Å²) < 4.78 is 19.9. The molecule has 106 valence electrons. The molecule has 0 saturated carbocycles. The summed E-state index contributed by atoms with van der Waals surface area (Å²) in [6.07, 6.45) is 0.416. The third-order valence-electron chi connectivity index (χ3n) is 3.30. The first-order valence-electron chi connectivity index (χ1n) is 6.30. The Bertz CT molecular complexity index is 613. The summed E-state index contributed by atoms with van der Waals surface area (Å²) in [7, 11) is 1.61. The Morgan fingerprint density at radius 2 is 2.00 bits per heavy atom. The van der Waals surface area contributed by atoms with Gasteiger partial charge in [0.05, 0.1) is 7.11 Å². The van der Waals surface area contributed by atoms with Crippen LogP contribution in [-0.4, -0.2) is 7.11 Å². The van der Waals surface area contributed by atoms with E-state index in [0.717, 1.165) is 15.8 Å². The molecule has 2 nitrogen and oxygen atoms in total. The molecule has 4 heteroatoms. The molecule has 1 unspecified atom stereocenters. The minimum absolute atomic E-state index is 0.251. The fourth-order valence-electron chi connectivity index (χ4n) is 2.14. The van der Waals surface area contributed by atoms with Gasteiger partial charge in [0.1, 0.15) is 11.6 Å². The van der Waals surface area contributed by atoms with Crippen molar-refractivity contribution in [3.8, 4) is 5.75 Å². The number of halogens is 2. The normalized spacial score (nSPS) is 13.8. The zero-order chi connectivity index (χ0) is 14.8. The average Bonchev–Trinajstić information content (AvgIpc) is 2.42. The van der Waals surface area contributed by atoms with Gasteiger partial charge in [-0.1, -0.05) is 34.1 Å². The number of benzene rings is 2. The Hall–Kier alpha value is -1.39. The largest absolute Gasteiger partial charge is 0.497 e. The third-order valence-corrected chi connectivity index (χ3v) is 3.80. The molecule has 0 aromatic heterocycles. The summed E-state index contributed by atoms with van der Waals surface area (Å²) >= 11 is 3.25. The monoisotopic (exact) mass is 337 g/mol. The van der Waals surface area contributed by atoms with Crippen LogP contribution in [0, 0.1) is 5.82 Å². The van der Waals surface area contributed by atoms with Crippen LogP contribution in [0.15, 0.2) is 46.9 Å². The van der Waals surface area contributed by atoms with E-state index in [0.29, 0.717) is 12.0 Å². The van der Waals surface area contributed by atoms with Gasteiger partial charge in [0.2, 0.25) is 0 Å². The predicted octanol–water partition coefficient (Wildman–Crippen LogP) is 4.01. The predicted molar refractivity (Wildman–Crippen MR) is 82.3 cm³/mol. The highest BCUT2D eigenvalue weighted by molar-refractivity contribution is 9.10. The van der Waals surface area contributed by atoms with E-state index < -0.39 is 5.54 Å².